The molecular formula is C17H20O2S. The van der Waals surface area contributed by atoms with Crippen molar-refractivity contribution in [2.45, 2.75) is 25.9 Å². The number of hydrogen-bond acceptors (Lipinski definition) is 3. The zero-order chi connectivity index (χ0) is 14.2. The van der Waals surface area contributed by atoms with Crippen molar-refractivity contribution in [3.8, 4) is 0 Å². The van der Waals surface area contributed by atoms with E-state index < -0.39 is 0 Å². The normalized spacial score (nSPS) is 13.9. The maximum atomic E-state index is 11.4. The van der Waals surface area contributed by atoms with E-state index in [1.165, 1.54) is 11.1 Å². The molecule has 1 aliphatic carbocycles. The summed E-state index contributed by atoms with van der Waals surface area (Å²) in [5.74, 6) is 0.694. The second kappa shape index (κ2) is 7.95. The smallest absolute Gasteiger partial charge is 0.306 e. The predicted molar refractivity (Wildman–Crippen MR) is 85.6 cm³/mol. The van der Waals surface area contributed by atoms with Crippen LogP contribution in [-0.2, 0) is 16.1 Å². The summed E-state index contributed by atoms with van der Waals surface area (Å²) in [6.45, 7) is 0.363. The Kier molecular flexibility index (Phi) is 5.93. The summed E-state index contributed by atoms with van der Waals surface area (Å²) >= 11 is 1.66. The number of ether oxygens (including phenoxy) is 1. The first-order valence-electron chi connectivity index (χ1n) is 6.90. The average Bonchev–Trinajstić information content (AvgIpc) is 2.52. The molecule has 0 aromatic heterocycles. The van der Waals surface area contributed by atoms with Crippen LogP contribution in [-0.4, -0.2) is 18.0 Å². The minimum absolute atomic E-state index is 0.124. The van der Waals surface area contributed by atoms with Gasteiger partial charge in [-0.05, 0) is 35.8 Å². The molecule has 0 amide bonds. The summed E-state index contributed by atoms with van der Waals surface area (Å²) in [5, 5.41) is 0. The number of carbonyl (C=O) groups is 1. The van der Waals surface area contributed by atoms with Gasteiger partial charge in [0.25, 0.3) is 0 Å². The lowest BCUT2D eigenvalue weighted by molar-refractivity contribution is -0.144. The first kappa shape index (κ1) is 14.9. The fourth-order valence-electron chi connectivity index (χ4n) is 2.04. The molecule has 2 rings (SSSR count). The van der Waals surface area contributed by atoms with Gasteiger partial charge in [-0.25, -0.2) is 0 Å². The number of esters is 1. The Hall–Kier alpha value is -1.48. The van der Waals surface area contributed by atoms with Crippen molar-refractivity contribution in [1.82, 2.24) is 0 Å². The van der Waals surface area contributed by atoms with E-state index in [1.807, 2.05) is 18.4 Å². The first-order valence-corrected chi connectivity index (χ1v) is 8.29. The summed E-state index contributed by atoms with van der Waals surface area (Å²) in [6, 6.07) is 8.24. The minimum atomic E-state index is -0.124. The van der Waals surface area contributed by atoms with E-state index >= 15 is 0 Å². The van der Waals surface area contributed by atoms with Crippen LogP contribution in [0.2, 0.25) is 0 Å². The SMILES string of the molecule is CSCCC(=O)OCc1ccc(C2=CCCC=C2)cc1. The summed E-state index contributed by atoms with van der Waals surface area (Å²) < 4.78 is 5.23. The van der Waals surface area contributed by atoms with Crippen LogP contribution in [0.4, 0.5) is 0 Å². The molecule has 0 bridgehead atoms. The molecule has 0 fully saturated rings. The van der Waals surface area contributed by atoms with Crippen molar-refractivity contribution >= 4 is 23.3 Å². The second-order valence-electron chi connectivity index (χ2n) is 4.74. The van der Waals surface area contributed by atoms with E-state index in [0.29, 0.717) is 13.0 Å². The van der Waals surface area contributed by atoms with E-state index in [1.54, 1.807) is 11.8 Å². The van der Waals surface area contributed by atoms with Gasteiger partial charge < -0.3 is 4.74 Å². The standard InChI is InChI=1S/C17H20O2S/c1-20-12-11-17(18)19-13-14-7-9-16(10-8-14)15-5-3-2-4-6-15/h3,5-10H,2,4,11-13H2,1H3. The number of allylic oxidation sites excluding steroid dienone is 4. The predicted octanol–water partition coefficient (Wildman–Crippen LogP) is 4.22. The molecule has 3 heteroatoms. The molecule has 0 radical (unpaired) electrons. The van der Waals surface area contributed by atoms with Crippen LogP contribution in [0.1, 0.15) is 30.4 Å². The zero-order valence-corrected chi connectivity index (χ0v) is 12.6. The van der Waals surface area contributed by atoms with Gasteiger partial charge in [0.15, 0.2) is 0 Å². The fourth-order valence-corrected chi connectivity index (χ4v) is 2.41. The van der Waals surface area contributed by atoms with Crippen LogP contribution in [0.25, 0.3) is 5.57 Å². The lowest BCUT2D eigenvalue weighted by atomic mass is 9.99. The van der Waals surface area contributed by atoms with Gasteiger partial charge in [0.1, 0.15) is 6.61 Å². The van der Waals surface area contributed by atoms with Crippen LogP contribution in [0.3, 0.4) is 0 Å². The van der Waals surface area contributed by atoms with Crippen molar-refractivity contribution in [2.75, 3.05) is 12.0 Å². The molecule has 0 aliphatic heterocycles. The first-order chi connectivity index (χ1) is 9.79. The maximum Gasteiger partial charge on any atom is 0.306 e. The molecule has 1 aromatic carbocycles. The van der Waals surface area contributed by atoms with Gasteiger partial charge in [-0.15, -0.1) is 0 Å². The van der Waals surface area contributed by atoms with Crippen molar-refractivity contribution in [3.05, 3.63) is 53.6 Å². The van der Waals surface area contributed by atoms with Crippen LogP contribution in [0.15, 0.2) is 42.5 Å². The van der Waals surface area contributed by atoms with Gasteiger partial charge in [-0.1, -0.05) is 42.5 Å². The van der Waals surface area contributed by atoms with Gasteiger partial charge >= 0.3 is 5.97 Å². The molecule has 0 saturated carbocycles. The molecule has 0 atom stereocenters. The monoisotopic (exact) mass is 288 g/mol. The Morgan fingerprint density at radius 2 is 2.05 bits per heavy atom. The summed E-state index contributed by atoms with van der Waals surface area (Å²) in [6.07, 6.45) is 11.3. The summed E-state index contributed by atoms with van der Waals surface area (Å²) in [5.41, 5.74) is 3.53. The average molecular weight is 288 g/mol. The van der Waals surface area contributed by atoms with E-state index in [0.717, 1.165) is 24.2 Å². The van der Waals surface area contributed by atoms with Gasteiger partial charge in [0, 0.05) is 5.75 Å². The molecule has 20 heavy (non-hydrogen) atoms. The minimum Gasteiger partial charge on any atom is -0.461 e. The third kappa shape index (κ3) is 4.57. The lowest BCUT2D eigenvalue weighted by Gasteiger charge is -2.09. The van der Waals surface area contributed by atoms with E-state index in [4.69, 9.17) is 4.74 Å². The van der Waals surface area contributed by atoms with Gasteiger partial charge in [0.2, 0.25) is 0 Å². The molecule has 0 N–H and O–H groups in total. The van der Waals surface area contributed by atoms with E-state index in [2.05, 4.69) is 30.4 Å². The third-order valence-corrected chi connectivity index (χ3v) is 3.80. The molecule has 106 valence electrons. The summed E-state index contributed by atoms with van der Waals surface area (Å²) in [4.78, 5) is 11.4. The van der Waals surface area contributed by atoms with Crippen molar-refractivity contribution in [3.63, 3.8) is 0 Å². The molecule has 0 unspecified atom stereocenters. The highest BCUT2D eigenvalue weighted by Crippen LogP contribution is 2.21. The quantitative estimate of drug-likeness (QED) is 0.733. The van der Waals surface area contributed by atoms with Crippen LogP contribution < -0.4 is 0 Å². The molecule has 2 nitrogen and oxygen atoms in total. The van der Waals surface area contributed by atoms with Crippen LogP contribution in [0.5, 0.6) is 0 Å². The number of benzene rings is 1. The Morgan fingerprint density at radius 1 is 1.25 bits per heavy atom. The maximum absolute atomic E-state index is 11.4. The number of thioether (sulfide) groups is 1. The van der Waals surface area contributed by atoms with Gasteiger partial charge in [-0.3, -0.25) is 4.79 Å². The number of rotatable bonds is 6. The second-order valence-corrected chi connectivity index (χ2v) is 5.73. The van der Waals surface area contributed by atoms with Crippen molar-refractivity contribution in [1.29, 1.82) is 0 Å². The molecule has 0 spiro atoms. The Morgan fingerprint density at radius 3 is 2.70 bits per heavy atom. The number of carbonyl (C=O) groups excluding carboxylic acids is 1. The highest BCUT2D eigenvalue weighted by molar-refractivity contribution is 7.98. The molecule has 1 aliphatic rings. The topological polar surface area (TPSA) is 26.3 Å². The highest BCUT2D eigenvalue weighted by Gasteiger charge is 2.04. The Balaban J connectivity index is 1.87. The molecule has 1 aromatic rings. The molecule has 0 heterocycles. The largest absolute Gasteiger partial charge is 0.461 e. The van der Waals surface area contributed by atoms with Crippen molar-refractivity contribution < 1.29 is 9.53 Å². The molecule has 0 saturated heterocycles. The third-order valence-electron chi connectivity index (χ3n) is 3.19. The Labute approximate surface area is 124 Å². The zero-order valence-electron chi connectivity index (χ0n) is 11.8. The van der Waals surface area contributed by atoms with E-state index in [-0.39, 0.29) is 5.97 Å². The number of hydrogen-bond donors (Lipinski definition) is 0. The van der Waals surface area contributed by atoms with Crippen LogP contribution in [0, 0.1) is 0 Å². The highest BCUT2D eigenvalue weighted by atomic mass is 32.2. The molecular weight excluding hydrogens is 268 g/mol. The van der Waals surface area contributed by atoms with E-state index in [9.17, 15) is 4.79 Å². The van der Waals surface area contributed by atoms with Gasteiger partial charge in [0.05, 0.1) is 6.42 Å². The van der Waals surface area contributed by atoms with Gasteiger partial charge in [-0.2, -0.15) is 11.8 Å². The lowest BCUT2D eigenvalue weighted by Crippen LogP contribution is -2.05. The van der Waals surface area contributed by atoms with Crippen molar-refractivity contribution in [2.24, 2.45) is 0 Å². The van der Waals surface area contributed by atoms with Crippen LogP contribution >= 0.6 is 11.8 Å². The fraction of sp³-hybridized carbons (Fsp3) is 0.353. The Bertz CT molecular complexity index is 500. The summed E-state index contributed by atoms with van der Waals surface area (Å²) in [7, 11) is 0.